The van der Waals surface area contributed by atoms with Gasteiger partial charge < -0.3 is 0 Å². The highest BCUT2D eigenvalue weighted by Gasteiger charge is 2.22. The van der Waals surface area contributed by atoms with Crippen LogP contribution in [-0.4, -0.2) is 23.4 Å². The second-order valence-corrected chi connectivity index (χ2v) is 5.66. The van der Waals surface area contributed by atoms with Gasteiger partial charge in [-0.3, -0.25) is 4.90 Å². The molecule has 16 heavy (non-hydrogen) atoms. The molecular formula is C12H16BrClFN. The van der Waals surface area contributed by atoms with Crippen LogP contribution in [-0.2, 0) is 6.54 Å². The number of hydrogen-bond donors (Lipinski definition) is 0. The molecule has 0 radical (unpaired) electrons. The lowest BCUT2D eigenvalue weighted by molar-refractivity contribution is 0.170. The Morgan fingerprint density at radius 3 is 2.56 bits per heavy atom. The monoisotopic (exact) mass is 307 g/mol. The fourth-order valence-corrected chi connectivity index (χ4v) is 1.90. The third-order valence-electron chi connectivity index (χ3n) is 2.78. The summed E-state index contributed by atoms with van der Waals surface area (Å²) >= 11 is 9.27. The van der Waals surface area contributed by atoms with Crippen LogP contribution < -0.4 is 0 Å². The number of alkyl halides is 1. The molecule has 1 rings (SSSR count). The van der Waals surface area contributed by atoms with Gasteiger partial charge >= 0.3 is 0 Å². The Bertz CT molecular complexity index is 368. The number of benzene rings is 1. The molecule has 90 valence electrons. The third-order valence-corrected chi connectivity index (χ3v) is 4.18. The van der Waals surface area contributed by atoms with Gasteiger partial charge in [-0.1, -0.05) is 22.0 Å². The van der Waals surface area contributed by atoms with Gasteiger partial charge in [-0.05, 0) is 38.6 Å². The van der Waals surface area contributed by atoms with Gasteiger partial charge in [0, 0.05) is 22.4 Å². The van der Waals surface area contributed by atoms with E-state index in [0.717, 1.165) is 16.6 Å². The molecule has 1 aromatic carbocycles. The van der Waals surface area contributed by atoms with E-state index < -0.39 is 0 Å². The molecule has 0 N–H and O–H groups in total. The number of rotatable bonds is 4. The lowest BCUT2D eigenvalue weighted by atomic mass is 10.1. The van der Waals surface area contributed by atoms with E-state index in [-0.39, 0.29) is 11.4 Å². The molecular weight excluding hydrogens is 292 g/mol. The minimum Gasteiger partial charge on any atom is -0.296 e. The molecule has 0 bridgehead atoms. The minimum atomic E-state index is -0.227. The fraction of sp³-hybridized carbons (Fsp3) is 0.500. The first-order valence-electron chi connectivity index (χ1n) is 5.08. The summed E-state index contributed by atoms with van der Waals surface area (Å²) in [6.45, 7) is 4.90. The van der Waals surface area contributed by atoms with Crippen LogP contribution >= 0.6 is 27.5 Å². The molecule has 0 saturated heterocycles. The van der Waals surface area contributed by atoms with Gasteiger partial charge in [0.15, 0.2) is 0 Å². The summed E-state index contributed by atoms with van der Waals surface area (Å²) in [6.07, 6.45) is 0. The smallest absolute Gasteiger partial charge is 0.124 e. The van der Waals surface area contributed by atoms with Crippen LogP contribution in [0.25, 0.3) is 0 Å². The van der Waals surface area contributed by atoms with Gasteiger partial charge in [0.05, 0.1) is 0 Å². The molecule has 0 aromatic heterocycles. The number of halogens is 3. The van der Waals surface area contributed by atoms with Crippen molar-refractivity contribution < 1.29 is 4.39 Å². The van der Waals surface area contributed by atoms with E-state index >= 15 is 0 Å². The van der Waals surface area contributed by atoms with E-state index in [1.807, 2.05) is 7.05 Å². The van der Waals surface area contributed by atoms with Gasteiger partial charge in [0.25, 0.3) is 0 Å². The predicted octanol–water partition coefficient (Wildman–Crippen LogP) is 4.04. The lowest BCUT2D eigenvalue weighted by Crippen LogP contribution is -2.42. The van der Waals surface area contributed by atoms with Crippen molar-refractivity contribution in [2.45, 2.75) is 25.9 Å². The Kier molecular flexibility index (Phi) is 4.77. The first-order chi connectivity index (χ1) is 7.36. The van der Waals surface area contributed by atoms with Crippen molar-refractivity contribution in [2.75, 3.05) is 12.9 Å². The molecule has 0 atom stereocenters. The quantitative estimate of drug-likeness (QED) is 0.759. The van der Waals surface area contributed by atoms with Crippen molar-refractivity contribution in [1.29, 1.82) is 0 Å². The van der Waals surface area contributed by atoms with E-state index in [9.17, 15) is 4.39 Å². The number of hydrogen-bond acceptors (Lipinski definition) is 1. The summed E-state index contributed by atoms with van der Waals surface area (Å²) in [5.74, 6) is 0.331. The SMILES string of the molecule is CN(Cc1ccc(F)cc1Br)C(C)(C)CCl. The molecule has 0 aliphatic rings. The molecule has 4 heteroatoms. The topological polar surface area (TPSA) is 3.24 Å². The first-order valence-corrected chi connectivity index (χ1v) is 6.40. The maximum atomic E-state index is 12.9. The van der Waals surface area contributed by atoms with Crippen molar-refractivity contribution in [3.8, 4) is 0 Å². The van der Waals surface area contributed by atoms with Gasteiger partial charge in [-0.25, -0.2) is 4.39 Å². The van der Waals surface area contributed by atoms with Crippen LogP contribution in [0.5, 0.6) is 0 Å². The highest BCUT2D eigenvalue weighted by atomic mass is 79.9. The molecule has 0 aliphatic heterocycles. The van der Waals surface area contributed by atoms with E-state index in [1.54, 1.807) is 6.07 Å². The lowest BCUT2D eigenvalue weighted by Gasteiger charge is -2.34. The summed E-state index contributed by atoms with van der Waals surface area (Å²) in [6, 6.07) is 4.75. The zero-order chi connectivity index (χ0) is 12.3. The minimum absolute atomic E-state index is 0.0740. The second kappa shape index (κ2) is 5.48. The van der Waals surface area contributed by atoms with Gasteiger partial charge in [0.2, 0.25) is 0 Å². The van der Waals surface area contributed by atoms with Gasteiger partial charge in [0.1, 0.15) is 5.82 Å². The standard InChI is InChI=1S/C12H16BrClFN/c1-12(2,8-14)16(3)7-9-4-5-10(15)6-11(9)13/h4-6H,7-8H2,1-3H3. The molecule has 0 heterocycles. The Hall–Kier alpha value is -0.120. The summed E-state index contributed by atoms with van der Waals surface area (Å²) in [7, 11) is 2.01. The van der Waals surface area contributed by atoms with Gasteiger partial charge in [-0.2, -0.15) is 0 Å². The molecule has 1 aromatic rings. The normalized spacial score (nSPS) is 12.2. The summed E-state index contributed by atoms with van der Waals surface area (Å²) in [5.41, 5.74) is 0.983. The molecule has 1 nitrogen and oxygen atoms in total. The molecule has 0 amide bonds. The van der Waals surface area contributed by atoms with Crippen molar-refractivity contribution in [2.24, 2.45) is 0 Å². The highest BCUT2D eigenvalue weighted by Crippen LogP contribution is 2.23. The highest BCUT2D eigenvalue weighted by molar-refractivity contribution is 9.10. The molecule has 0 saturated carbocycles. The maximum Gasteiger partial charge on any atom is 0.124 e. The van der Waals surface area contributed by atoms with Crippen LogP contribution in [0.1, 0.15) is 19.4 Å². The zero-order valence-electron chi connectivity index (χ0n) is 9.73. The summed E-state index contributed by atoms with van der Waals surface area (Å²) < 4.78 is 13.7. The molecule has 0 unspecified atom stereocenters. The third kappa shape index (κ3) is 3.44. The van der Waals surface area contributed by atoms with E-state index in [0.29, 0.717) is 5.88 Å². The fourth-order valence-electron chi connectivity index (χ4n) is 1.22. The van der Waals surface area contributed by atoms with Gasteiger partial charge in [-0.15, -0.1) is 11.6 Å². The van der Waals surface area contributed by atoms with Crippen LogP contribution in [0, 0.1) is 5.82 Å². The Morgan fingerprint density at radius 2 is 2.06 bits per heavy atom. The van der Waals surface area contributed by atoms with Crippen molar-refractivity contribution >= 4 is 27.5 Å². The average molecular weight is 309 g/mol. The summed E-state index contributed by atoms with van der Waals surface area (Å²) in [5, 5.41) is 0. The number of nitrogens with zero attached hydrogens (tertiary/aromatic N) is 1. The van der Waals surface area contributed by atoms with Crippen LogP contribution in [0.3, 0.4) is 0 Å². The molecule has 0 aliphatic carbocycles. The van der Waals surface area contributed by atoms with Crippen LogP contribution in [0.2, 0.25) is 0 Å². The van der Waals surface area contributed by atoms with E-state index in [2.05, 4.69) is 34.7 Å². The van der Waals surface area contributed by atoms with Crippen LogP contribution in [0.4, 0.5) is 4.39 Å². The van der Waals surface area contributed by atoms with Crippen molar-refractivity contribution in [3.63, 3.8) is 0 Å². The second-order valence-electron chi connectivity index (χ2n) is 4.54. The Morgan fingerprint density at radius 1 is 1.44 bits per heavy atom. The maximum absolute atomic E-state index is 12.9. The average Bonchev–Trinajstić information content (AvgIpc) is 2.22. The predicted molar refractivity (Wildman–Crippen MR) is 70.4 cm³/mol. The van der Waals surface area contributed by atoms with Crippen LogP contribution in [0.15, 0.2) is 22.7 Å². The van der Waals surface area contributed by atoms with Crippen molar-refractivity contribution in [1.82, 2.24) is 4.90 Å². The largest absolute Gasteiger partial charge is 0.296 e. The van der Waals surface area contributed by atoms with E-state index in [1.165, 1.54) is 12.1 Å². The Labute approximate surface area is 110 Å². The summed E-state index contributed by atoms with van der Waals surface area (Å²) in [4.78, 5) is 2.15. The van der Waals surface area contributed by atoms with E-state index in [4.69, 9.17) is 11.6 Å². The Balaban J connectivity index is 2.81. The zero-order valence-corrected chi connectivity index (χ0v) is 12.1. The molecule has 0 spiro atoms. The van der Waals surface area contributed by atoms with Crippen molar-refractivity contribution in [3.05, 3.63) is 34.1 Å². The molecule has 0 fully saturated rings. The first kappa shape index (κ1) is 13.9.